The summed E-state index contributed by atoms with van der Waals surface area (Å²) in [6.45, 7) is 1.74. The quantitative estimate of drug-likeness (QED) is 0.803. The van der Waals surface area contributed by atoms with Crippen molar-refractivity contribution in [3.05, 3.63) is 77.9 Å². The van der Waals surface area contributed by atoms with E-state index in [4.69, 9.17) is 0 Å². The van der Waals surface area contributed by atoms with E-state index in [1.807, 2.05) is 30.3 Å². The number of carbonyl (C=O) groups excluding carboxylic acids is 1. The van der Waals surface area contributed by atoms with Crippen LogP contribution in [0.2, 0.25) is 0 Å². The number of hydrogen-bond acceptors (Lipinski definition) is 2. The van der Waals surface area contributed by atoms with Crippen LogP contribution >= 0.6 is 0 Å². The van der Waals surface area contributed by atoms with E-state index in [1.165, 1.54) is 18.3 Å². The first kappa shape index (κ1) is 14.0. The van der Waals surface area contributed by atoms with Crippen molar-refractivity contribution >= 4 is 11.6 Å². The van der Waals surface area contributed by atoms with Gasteiger partial charge in [0.05, 0.1) is 17.4 Å². The molecule has 5 heteroatoms. The van der Waals surface area contributed by atoms with Gasteiger partial charge in [-0.2, -0.15) is 5.10 Å². The van der Waals surface area contributed by atoms with E-state index in [0.29, 0.717) is 16.8 Å². The second-order valence-electron chi connectivity index (χ2n) is 4.92. The molecule has 0 atom stereocenters. The van der Waals surface area contributed by atoms with E-state index in [1.54, 1.807) is 23.9 Å². The van der Waals surface area contributed by atoms with Gasteiger partial charge >= 0.3 is 0 Å². The van der Waals surface area contributed by atoms with Crippen LogP contribution in [-0.2, 0) is 0 Å². The molecule has 0 aliphatic carbocycles. The van der Waals surface area contributed by atoms with Crippen LogP contribution in [0.1, 0.15) is 15.9 Å². The molecule has 2 aromatic carbocycles. The fourth-order valence-corrected chi connectivity index (χ4v) is 2.12. The summed E-state index contributed by atoms with van der Waals surface area (Å²) in [5, 5.41) is 6.94. The zero-order valence-electron chi connectivity index (χ0n) is 12.0. The molecule has 1 aromatic heterocycles. The molecule has 0 unspecified atom stereocenters. The zero-order valence-corrected chi connectivity index (χ0v) is 12.0. The summed E-state index contributed by atoms with van der Waals surface area (Å²) in [6, 6.07) is 13.8. The second-order valence-corrected chi connectivity index (χ2v) is 4.92. The maximum Gasteiger partial charge on any atom is 0.258 e. The van der Waals surface area contributed by atoms with E-state index in [0.717, 1.165) is 5.69 Å². The number of benzene rings is 2. The van der Waals surface area contributed by atoms with Crippen LogP contribution in [0.5, 0.6) is 0 Å². The summed E-state index contributed by atoms with van der Waals surface area (Å²) in [4.78, 5) is 12.2. The molecule has 3 rings (SSSR count). The first-order valence-electron chi connectivity index (χ1n) is 6.81. The highest BCUT2D eigenvalue weighted by Gasteiger charge is 2.11. The number of aromatic nitrogens is 2. The number of carbonyl (C=O) groups is 1. The smallest absolute Gasteiger partial charge is 0.258 e. The Morgan fingerprint density at radius 2 is 1.95 bits per heavy atom. The average molecular weight is 295 g/mol. The molecular weight excluding hydrogens is 281 g/mol. The summed E-state index contributed by atoms with van der Waals surface area (Å²) < 4.78 is 14.7. The van der Waals surface area contributed by atoms with Gasteiger partial charge in [0, 0.05) is 11.9 Å². The van der Waals surface area contributed by atoms with Gasteiger partial charge in [-0.1, -0.05) is 18.2 Å². The van der Waals surface area contributed by atoms with Crippen LogP contribution in [0.15, 0.2) is 60.9 Å². The minimum atomic E-state index is -0.326. The van der Waals surface area contributed by atoms with Crippen molar-refractivity contribution in [2.75, 3.05) is 5.32 Å². The summed E-state index contributed by atoms with van der Waals surface area (Å²) in [5.74, 6) is -0.607. The van der Waals surface area contributed by atoms with Crippen molar-refractivity contribution in [2.24, 2.45) is 0 Å². The zero-order chi connectivity index (χ0) is 15.5. The normalized spacial score (nSPS) is 10.5. The van der Waals surface area contributed by atoms with Crippen molar-refractivity contribution in [1.82, 2.24) is 9.78 Å². The molecule has 0 aliphatic heterocycles. The van der Waals surface area contributed by atoms with Gasteiger partial charge in [-0.3, -0.25) is 4.79 Å². The average Bonchev–Trinajstić information content (AvgIpc) is 3.01. The molecule has 1 amide bonds. The predicted molar refractivity (Wildman–Crippen MR) is 82.7 cm³/mol. The molecule has 0 bridgehead atoms. The number of anilines is 1. The van der Waals surface area contributed by atoms with Gasteiger partial charge in [0.25, 0.3) is 5.91 Å². The van der Waals surface area contributed by atoms with Crippen LogP contribution < -0.4 is 5.32 Å². The van der Waals surface area contributed by atoms with E-state index in [9.17, 15) is 9.18 Å². The lowest BCUT2D eigenvalue weighted by Crippen LogP contribution is -2.12. The molecule has 1 heterocycles. The number of halogens is 1. The van der Waals surface area contributed by atoms with Gasteiger partial charge in [0.1, 0.15) is 5.82 Å². The molecule has 0 aliphatic rings. The standard InChI is InChI=1S/C17H14FN3O/c1-12-9-14(18)7-8-16(12)20-17(22)13-10-19-21(11-13)15-5-3-2-4-6-15/h2-11H,1H3,(H,20,22). The molecule has 3 aromatic rings. The Morgan fingerprint density at radius 1 is 1.18 bits per heavy atom. The van der Waals surface area contributed by atoms with Crippen LogP contribution in [0, 0.1) is 12.7 Å². The highest BCUT2D eigenvalue weighted by Crippen LogP contribution is 2.17. The molecule has 0 saturated carbocycles. The number of aryl methyl sites for hydroxylation is 1. The Bertz CT molecular complexity index is 812. The van der Waals surface area contributed by atoms with Gasteiger partial charge in [0.15, 0.2) is 0 Å². The first-order valence-corrected chi connectivity index (χ1v) is 6.81. The first-order chi connectivity index (χ1) is 10.6. The lowest BCUT2D eigenvalue weighted by atomic mass is 10.2. The summed E-state index contributed by atoms with van der Waals surface area (Å²) in [5.41, 5.74) is 2.56. The molecule has 110 valence electrons. The minimum Gasteiger partial charge on any atom is -0.322 e. The molecule has 0 fully saturated rings. The lowest BCUT2D eigenvalue weighted by Gasteiger charge is -2.07. The van der Waals surface area contributed by atoms with Gasteiger partial charge in [-0.05, 0) is 42.8 Å². The Hall–Kier alpha value is -2.95. The molecule has 1 N–H and O–H groups in total. The van der Waals surface area contributed by atoms with Crippen molar-refractivity contribution in [2.45, 2.75) is 6.92 Å². The van der Waals surface area contributed by atoms with Crippen LogP contribution in [0.25, 0.3) is 5.69 Å². The molecule has 4 nitrogen and oxygen atoms in total. The minimum absolute atomic E-state index is 0.281. The van der Waals surface area contributed by atoms with E-state index >= 15 is 0 Å². The molecule has 0 spiro atoms. The highest BCUT2D eigenvalue weighted by atomic mass is 19.1. The highest BCUT2D eigenvalue weighted by molar-refractivity contribution is 6.04. The van der Waals surface area contributed by atoms with Crippen LogP contribution in [-0.4, -0.2) is 15.7 Å². The fraction of sp³-hybridized carbons (Fsp3) is 0.0588. The van der Waals surface area contributed by atoms with E-state index in [-0.39, 0.29) is 11.7 Å². The lowest BCUT2D eigenvalue weighted by molar-refractivity contribution is 0.102. The largest absolute Gasteiger partial charge is 0.322 e. The maximum absolute atomic E-state index is 13.1. The third-order valence-corrected chi connectivity index (χ3v) is 3.30. The molecule has 0 radical (unpaired) electrons. The van der Waals surface area contributed by atoms with Gasteiger partial charge < -0.3 is 5.32 Å². The topological polar surface area (TPSA) is 46.9 Å². The number of nitrogens with zero attached hydrogens (tertiary/aromatic N) is 2. The number of nitrogens with one attached hydrogen (secondary N) is 1. The SMILES string of the molecule is Cc1cc(F)ccc1NC(=O)c1cnn(-c2ccccc2)c1. The Balaban J connectivity index is 1.80. The third-order valence-electron chi connectivity index (χ3n) is 3.30. The van der Waals surface area contributed by atoms with Crippen molar-refractivity contribution in [3.63, 3.8) is 0 Å². The fourth-order valence-electron chi connectivity index (χ4n) is 2.12. The van der Waals surface area contributed by atoms with Gasteiger partial charge in [-0.25, -0.2) is 9.07 Å². The van der Waals surface area contributed by atoms with Crippen LogP contribution in [0.3, 0.4) is 0 Å². The van der Waals surface area contributed by atoms with Gasteiger partial charge in [0.2, 0.25) is 0 Å². The van der Waals surface area contributed by atoms with Crippen molar-refractivity contribution in [3.8, 4) is 5.69 Å². The number of para-hydroxylation sites is 1. The summed E-state index contributed by atoms with van der Waals surface area (Å²) in [6.07, 6.45) is 3.16. The second kappa shape index (κ2) is 5.81. The van der Waals surface area contributed by atoms with E-state index in [2.05, 4.69) is 10.4 Å². The number of hydrogen-bond donors (Lipinski definition) is 1. The Morgan fingerprint density at radius 3 is 2.68 bits per heavy atom. The van der Waals surface area contributed by atoms with E-state index < -0.39 is 0 Å². The van der Waals surface area contributed by atoms with Crippen molar-refractivity contribution < 1.29 is 9.18 Å². The summed E-state index contributed by atoms with van der Waals surface area (Å²) >= 11 is 0. The van der Waals surface area contributed by atoms with Gasteiger partial charge in [-0.15, -0.1) is 0 Å². The molecule has 0 saturated heterocycles. The molecular formula is C17H14FN3O. The number of rotatable bonds is 3. The maximum atomic E-state index is 13.1. The van der Waals surface area contributed by atoms with Crippen LogP contribution in [0.4, 0.5) is 10.1 Å². The Kier molecular flexibility index (Phi) is 3.70. The molecule has 22 heavy (non-hydrogen) atoms. The number of amides is 1. The van der Waals surface area contributed by atoms with Crippen molar-refractivity contribution in [1.29, 1.82) is 0 Å². The predicted octanol–water partition coefficient (Wildman–Crippen LogP) is 3.57. The summed E-state index contributed by atoms with van der Waals surface area (Å²) in [7, 11) is 0. The Labute approximate surface area is 127 Å². The monoisotopic (exact) mass is 295 g/mol. The third kappa shape index (κ3) is 2.88.